The summed E-state index contributed by atoms with van der Waals surface area (Å²) in [6.07, 6.45) is -15.5. The molecule has 0 aliphatic heterocycles. The lowest BCUT2D eigenvalue weighted by atomic mass is 9.90. The minimum Gasteiger partial charge on any atom is -0.352 e. The van der Waals surface area contributed by atoms with Crippen molar-refractivity contribution in [3.8, 4) is 0 Å². The molecule has 1 aromatic rings. The lowest BCUT2D eigenvalue weighted by Crippen LogP contribution is -2.66. The molecule has 2 nitrogen and oxygen atoms in total. The third kappa shape index (κ3) is 6.04. The van der Waals surface area contributed by atoms with Crippen molar-refractivity contribution in [3.05, 3.63) is 45.6 Å². The molecule has 0 saturated heterocycles. The van der Waals surface area contributed by atoms with Crippen molar-refractivity contribution in [2.45, 2.75) is 49.1 Å². The van der Waals surface area contributed by atoms with E-state index in [1.54, 1.807) is 18.2 Å². The predicted molar refractivity (Wildman–Crippen MR) is 101 cm³/mol. The van der Waals surface area contributed by atoms with Gasteiger partial charge in [0.15, 0.2) is 0 Å². The molecule has 1 aromatic carbocycles. The number of alkyl halides is 11. The molecule has 0 heterocycles. The normalized spacial score (nSPS) is 15.9. The summed E-state index contributed by atoms with van der Waals surface area (Å²) < 4.78 is 142. The monoisotopic (exact) mass is 597 g/mol. The Bertz CT molecular complexity index is 805. The first-order valence-corrected chi connectivity index (χ1v) is 9.75. The molecule has 1 amide bonds. The van der Waals surface area contributed by atoms with E-state index in [0.717, 1.165) is 22.6 Å². The molecule has 0 aliphatic carbocycles. The van der Waals surface area contributed by atoms with Gasteiger partial charge in [0.1, 0.15) is 0 Å². The maximum absolute atomic E-state index is 14.2. The standard InChI is InChI=1S/C18H15F11INO/c19-14(17(24,25)26,15(20,21)16(22,23)18(27,28)29)10-12(30)8-4-5-9-31-13(32)11-6-2-1-3-7-11/h1-3,6-7,10H,4-5,8-9H2,(H,31,32). The first-order chi connectivity index (χ1) is 14.4. The van der Waals surface area contributed by atoms with Crippen LogP contribution in [0.4, 0.5) is 48.3 Å². The van der Waals surface area contributed by atoms with Gasteiger partial charge in [-0.05, 0) is 63.6 Å². The van der Waals surface area contributed by atoms with Crippen LogP contribution in [0.15, 0.2) is 40.0 Å². The molecule has 0 bridgehead atoms. The largest absolute Gasteiger partial charge is 0.460 e. The van der Waals surface area contributed by atoms with Crippen LogP contribution in [0, 0.1) is 0 Å². The fourth-order valence-electron chi connectivity index (χ4n) is 2.36. The van der Waals surface area contributed by atoms with Crippen LogP contribution in [0.25, 0.3) is 0 Å². The average Bonchev–Trinajstić information content (AvgIpc) is 2.66. The zero-order valence-electron chi connectivity index (χ0n) is 15.7. The molecule has 0 aromatic heterocycles. The van der Waals surface area contributed by atoms with E-state index in [2.05, 4.69) is 5.32 Å². The van der Waals surface area contributed by atoms with Crippen LogP contribution in [0.5, 0.6) is 0 Å². The number of amides is 1. The molecular formula is C18H15F11INO. The average molecular weight is 597 g/mol. The third-order valence-corrected chi connectivity index (χ3v) is 4.99. The highest BCUT2D eigenvalue weighted by molar-refractivity contribution is 14.1. The number of carbonyl (C=O) groups excluding carboxylic acids is 1. The summed E-state index contributed by atoms with van der Waals surface area (Å²) >= 11 is 0.945. The number of nitrogens with one attached hydrogen (secondary N) is 1. The van der Waals surface area contributed by atoms with E-state index in [1.807, 2.05) is 0 Å². The van der Waals surface area contributed by atoms with Gasteiger partial charge >= 0.3 is 24.2 Å². The predicted octanol–water partition coefficient (Wildman–Crippen LogP) is 7.01. The van der Waals surface area contributed by atoms with Crippen molar-refractivity contribution >= 4 is 28.5 Å². The van der Waals surface area contributed by atoms with Crippen molar-refractivity contribution in [1.82, 2.24) is 5.32 Å². The summed E-state index contributed by atoms with van der Waals surface area (Å²) in [6.45, 7) is -0.0139. The second-order valence-electron chi connectivity index (χ2n) is 6.53. The zero-order valence-corrected chi connectivity index (χ0v) is 17.9. The van der Waals surface area contributed by atoms with Crippen LogP contribution >= 0.6 is 22.6 Å². The van der Waals surface area contributed by atoms with Gasteiger partial charge in [-0.15, -0.1) is 0 Å². The third-order valence-electron chi connectivity index (χ3n) is 4.14. The molecule has 0 radical (unpaired) electrons. The molecule has 1 unspecified atom stereocenters. The number of allylic oxidation sites excluding steroid dienone is 2. The number of rotatable bonds is 9. The molecule has 0 aliphatic rings. The maximum atomic E-state index is 14.2. The topological polar surface area (TPSA) is 29.1 Å². The molecule has 0 spiro atoms. The van der Waals surface area contributed by atoms with Crippen molar-refractivity contribution in [3.63, 3.8) is 0 Å². The van der Waals surface area contributed by atoms with E-state index < -0.39 is 51.9 Å². The van der Waals surface area contributed by atoms with E-state index in [-0.39, 0.29) is 19.4 Å². The van der Waals surface area contributed by atoms with Gasteiger partial charge in [-0.1, -0.05) is 18.2 Å². The molecule has 1 N–H and O–H groups in total. The van der Waals surface area contributed by atoms with E-state index in [4.69, 9.17) is 0 Å². The Morgan fingerprint density at radius 1 is 0.812 bits per heavy atom. The molecule has 32 heavy (non-hydrogen) atoms. The Labute approximate surface area is 188 Å². The van der Waals surface area contributed by atoms with Crippen molar-refractivity contribution in [2.24, 2.45) is 0 Å². The molecule has 1 rings (SSSR count). The molecular weight excluding hydrogens is 582 g/mol. The number of carbonyl (C=O) groups is 1. The Balaban J connectivity index is 2.88. The summed E-state index contributed by atoms with van der Waals surface area (Å²) in [6, 6.07) is 7.82. The first-order valence-electron chi connectivity index (χ1n) is 8.67. The number of hydrogen-bond acceptors (Lipinski definition) is 1. The molecule has 1 atom stereocenters. The van der Waals surface area contributed by atoms with Crippen LogP contribution in [0.3, 0.4) is 0 Å². The summed E-state index contributed by atoms with van der Waals surface area (Å²) in [4.78, 5) is 11.8. The zero-order chi connectivity index (χ0) is 25.0. The minimum atomic E-state index is -7.29. The van der Waals surface area contributed by atoms with Gasteiger partial charge in [0.25, 0.3) is 11.6 Å². The Kier molecular flexibility index (Phi) is 8.99. The van der Waals surface area contributed by atoms with Crippen LogP contribution in [0.2, 0.25) is 0 Å². The molecule has 182 valence electrons. The molecule has 0 fully saturated rings. The van der Waals surface area contributed by atoms with Crippen LogP contribution in [-0.4, -0.2) is 42.3 Å². The van der Waals surface area contributed by atoms with E-state index in [0.29, 0.717) is 5.56 Å². The first kappa shape index (κ1) is 28.4. The Morgan fingerprint density at radius 2 is 1.34 bits per heavy atom. The van der Waals surface area contributed by atoms with Gasteiger partial charge in [-0.2, -0.15) is 43.9 Å². The van der Waals surface area contributed by atoms with E-state index >= 15 is 0 Å². The fourth-order valence-corrected chi connectivity index (χ4v) is 3.17. The summed E-state index contributed by atoms with van der Waals surface area (Å²) in [7, 11) is 0. The molecule has 0 saturated carbocycles. The summed E-state index contributed by atoms with van der Waals surface area (Å²) in [5.74, 6) is -14.9. The number of hydrogen-bond donors (Lipinski definition) is 1. The van der Waals surface area contributed by atoms with Crippen molar-refractivity contribution in [2.75, 3.05) is 6.54 Å². The number of unbranched alkanes of at least 4 members (excludes halogenated alkanes) is 1. The van der Waals surface area contributed by atoms with Gasteiger partial charge in [-0.25, -0.2) is 4.39 Å². The SMILES string of the molecule is O=C(NCCCCC(I)=CC(F)(C(F)(F)F)C(F)(F)C(F)(F)C(F)(F)F)c1ccccc1. The molecule has 14 heteroatoms. The van der Waals surface area contributed by atoms with E-state index in [1.165, 1.54) is 12.1 Å². The maximum Gasteiger partial charge on any atom is 0.460 e. The minimum absolute atomic E-state index is 0.0139. The number of benzene rings is 1. The van der Waals surface area contributed by atoms with Gasteiger partial charge in [0.05, 0.1) is 0 Å². The van der Waals surface area contributed by atoms with Crippen LogP contribution < -0.4 is 5.32 Å². The second-order valence-corrected chi connectivity index (χ2v) is 7.91. The fraction of sp³-hybridized carbons (Fsp3) is 0.500. The van der Waals surface area contributed by atoms with Gasteiger partial charge in [0, 0.05) is 12.1 Å². The van der Waals surface area contributed by atoms with Crippen molar-refractivity contribution < 1.29 is 53.1 Å². The second kappa shape index (κ2) is 10.1. The van der Waals surface area contributed by atoms with Gasteiger partial charge < -0.3 is 5.32 Å². The highest BCUT2D eigenvalue weighted by Gasteiger charge is 2.85. The smallest absolute Gasteiger partial charge is 0.352 e. The van der Waals surface area contributed by atoms with Crippen molar-refractivity contribution in [1.29, 1.82) is 0 Å². The van der Waals surface area contributed by atoms with E-state index in [9.17, 15) is 53.1 Å². The van der Waals surface area contributed by atoms with Gasteiger partial charge in [0.2, 0.25) is 0 Å². The lowest BCUT2D eigenvalue weighted by molar-refractivity contribution is -0.402. The van der Waals surface area contributed by atoms with Crippen LogP contribution in [-0.2, 0) is 0 Å². The van der Waals surface area contributed by atoms with Gasteiger partial charge in [-0.3, -0.25) is 4.79 Å². The Hall–Kier alpha value is -1.61. The highest BCUT2D eigenvalue weighted by atomic mass is 127. The van der Waals surface area contributed by atoms with Crippen LogP contribution in [0.1, 0.15) is 29.6 Å². The highest BCUT2D eigenvalue weighted by Crippen LogP contribution is 2.58. The summed E-state index contributed by atoms with van der Waals surface area (Å²) in [5, 5.41) is 2.45. The number of halogens is 12. The lowest BCUT2D eigenvalue weighted by Gasteiger charge is -2.37. The quantitative estimate of drug-likeness (QED) is 0.185. The Morgan fingerprint density at radius 3 is 1.81 bits per heavy atom. The summed E-state index contributed by atoms with van der Waals surface area (Å²) in [5.41, 5.74) is -5.97.